The smallest absolute Gasteiger partial charge is 0.187 e. The van der Waals surface area contributed by atoms with Gasteiger partial charge in [-0.15, -0.1) is 6.58 Å². The molecular formula is C19H28O3S. The highest BCUT2D eigenvalue weighted by Gasteiger charge is 2.53. The molecule has 3 atom stereocenters. The second-order valence-corrected chi connectivity index (χ2v) is 8.78. The van der Waals surface area contributed by atoms with Crippen LogP contribution in [-0.2, 0) is 9.84 Å². The highest BCUT2D eigenvalue weighted by Crippen LogP contribution is 2.47. The second-order valence-electron chi connectivity index (χ2n) is 6.54. The van der Waals surface area contributed by atoms with Crippen LogP contribution < -0.4 is 0 Å². The fourth-order valence-corrected chi connectivity index (χ4v) is 6.13. The topological polar surface area (TPSA) is 54.4 Å². The monoisotopic (exact) mass is 336 g/mol. The Bertz CT molecular complexity index is 609. The summed E-state index contributed by atoms with van der Waals surface area (Å²) >= 11 is 0. The molecule has 1 fully saturated rings. The Morgan fingerprint density at radius 1 is 1.35 bits per heavy atom. The first kappa shape index (κ1) is 18.2. The van der Waals surface area contributed by atoms with Crippen molar-refractivity contribution in [2.75, 3.05) is 0 Å². The van der Waals surface area contributed by atoms with Gasteiger partial charge in [-0.2, -0.15) is 0 Å². The van der Waals surface area contributed by atoms with Gasteiger partial charge >= 0.3 is 0 Å². The Hall–Kier alpha value is -1.13. The maximum Gasteiger partial charge on any atom is 0.187 e. The van der Waals surface area contributed by atoms with E-state index in [0.29, 0.717) is 17.7 Å². The van der Waals surface area contributed by atoms with Crippen molar-refractivity contribution in [3.63, 3.8) is 0 Å². The van der Waals surface area contributed by atoms with E-state index < -0.39 is 20.7 Å². The zero-order valence-corrected chi connectivity index (χ0v) is 14.8. The third-order valence-electron chi connectivity index (χ3n) is 5.18. The molecule has 0 spiro atoms. The Balaban J connectivity index is 2.33. The largest absolute Gasteiger partial charge is 0.393 e. The maximum absolute atomic E-state index is 13.2. The second kappa shape index (κ2) is 7.63. The molecule has 128 valence electrons. The van der Waals surface area contributed by atoms with Gasteiger partial charge in [0.15, 0.2) is 9.84 Å². The minimum absolute atomic E-state index is 0.262. The highest BCUT2D eigenvalue weighted by atomic mass is 32.2. The molecule has 0 radical (unpaired) electrons. The van der Waals surface area contributed by atoms with E-state index in [2.05, 4.69) is 13.5 Å². The van der Waals surface area contributed by atoms with Crippen LogP contribution in [0, 0.1) is 5.92 Å². The SMILES string of the molecule is C=C[C@@]1(S(=O)(=O)c2ccccc2)CCC[C@H]1[C@@H](O)CCCCC. The van der Waals surface area contributed by atoms with Crippen LogP contribution in [-0.4, -0.2) is 24.4 Å². The zero-order chi connectivity index (χ0) is 16.9. The first-order chi connectivity index (χ1) is 11.0. The fourth-order valence-electron chi connectivity index (χ4n) is 3.87. The van der Waals surface area contributed by atoms with E-state index in [1.165, 1.54) is 0 Å². The molecule has 0 heterocycles. The quantitative estimate of drug-likeness (QED) is 0.574. The molecule has 1 aromatic carbocycles. The molecule has 0 amide bonds. The molecule has 1 saturated carbocycles. The Morgan fingerprint density at radius 2 is 2.04 bits per heavy atom. The number of aliphatic hydroxyl groups excluding tert-OH is 1. The molecule has 1 N–H and O–H groups in total. The molecule has 1 aliphatic carbocycles. The molecule has 0 bridgehead atoms. The first-order valence-electron chi connectivity index (χ1n) is 8.61. The van der Waals surface area contributed by atoms with Crippen molar-refractivity contribution in [3.8, 4) is 0 Å². The molecular weight excluding hydrogens is 308 g/mol. The van der Waals surface area contributed by atoms with E-state index in [9.17, 15) is 13.5 Å². The van der Waals surface area contributed by atoms with Crippen molar-refractivity contribution in [1.29, 1.82) is 0 Å². The first-order valence-corrected chi connectivity index (χ1v) is 10.1. The summed E-state index contributed by atoms with van der Waals surface area (Å²) in [6.07, 6.45) is 6.85. The van der Waals surface area contributed by atoms with E-state index in [4.69, 9.17) is 0 Å². The van der Waals surface area contributed by atoms with E-state index in [1.54, 1.807) is 30.3 Å². The van der Waals surface area contributed by atoms with Crippen LogP contribution in [0.1, 0.15) is 51.9 Å². The van der Waals surface area contributed by atoms with Crippen molar-refractivity contribution >= 4 is 9.84 Å². The van der Waals surface area contributed by atoms with E-state index in [-0.39, 0.29) is 5.92 Å². The molecule has 0 aliphatic heterocycles. The van der Waals surface area contributed by atoms with Gasteiger partial charge in [0.1, 0.15) is 0 Å². The van der Waals surface area contributed by atoms with Crippen molar-refractivity contribution in [1.82, 2.24) is 0 Å². The summed E-state index contributed by atoms with van der Waals surface area (Å²) < 4.78 is 25.5. The van der Waals surface area contributed by atoms with Crippen LogP contribution in [0.4, 0.5) is 0 Å². The van der Waals surface area contributed by atoms with Gasteiger partial charge in [-0.3, -0.25) is 0 Å². The highest BCUT2D eigenvalue weighted by molar-refractivity contribution is 7.93. The summed E-state index contributed by atoms with van der Waals surface area (Å²) in [5, 5.41) is 10.6. The van der Waals surface area contributed by atoms with Crippen LogP contribution in [0.3, 0.4) is 0 Å². The van der Waals surface area contributed by atoms with Gasteiger partial charge in [-0.1, -0.05) is 56.9 Å². The van der Waals surface area contributed by atoms with Crippen LogP contribution in [0.2, 0.25) is 0 Å². The number of rotatable bonds is 8. The molecule has 1 aromatic rings. The lowest BCUT2D eigenvalue weighted by molar-refractivity contribution is 0.0900. The number of benzene rings is 1. The van der Waals surface area contributed by atoms with Gasteiger partial charge in [-0.25, -0.2) is 8.42 Å². The number of hydrogen-bond donors (Lipinski definition) is 1. The van der Waals surface area contributed by atoms with Gasteiger partial charge in [-0.05, 0) is 31.4 Å². The lowest BCUT2D eigenvalue weighted by Crippen LogP contribution is -2.45. The van der Waals surface area contributed by atoms with Crippen LogP contribution >= 0.6 is 0 Å². The Labute approximate surface area is 140 Å². The van der Waals surface area contributed by atoms with Gasteiger partial charge < -0.3 is 5.11 Å². The number of hydrogen-bond acceptors (Lipinski definition) is 3. The summed E-state index contributed by atoms with van der Waals surface area (Å²) in [4.78, 5) is 0.326. The third kappa shape index (κ3) is 3.38. The maximum atomic E-state index is 13.2. The fraction of sp³-hybridized carbons (Fsp3) is 0.579. The Kier molecular flexibility index (Phi) is 6.04. The van der Waals surface area contributed by atoms with Crippen molar-refractivity contribution in [3.05, 3.63) is 43.0 Å². The lowest BCUT2D eigenvalue weighted by atomic mass is 9.87. The average Bonchev–Trinajstić information content (AvgIpc) is 3.01. The van der Waals surface area contributed by atoms with Gasteiger partial charge in [0.25, 0.3) is 0 Å². The van der Waals surface area contributed by atoms with Crippen molar-refractivity contribution < 1.29 is 13.5 Å². The summed E-state index contributed by atoms with van der Waals surface area (Å²) in [7, 11) is -3.55. The van der Waals surface area contributed by atoms with E-state index in [1.807, 2.05) is 6.07 Å². The normalized spacial score (nSPS) is 26.1. The van der Waals surface area contributed by atoms with Crippen LogP contribution in [0.25, 0.3) is 0 Å². The lowest BCUT2D eigenvalue weighted by Gasteiger charge is -2.35. The zero-order valence-electron chi connectivity index (χ0n) is 13.9. The predicted octanol–water partition coefficient (Wildman–Crippen LogP) is 4.13. The molecule has 0 aromatic heterocycles. The van der Waals surface area contributed by atoms with Crippen molar-refractivity contribution in [2.24, 2.45) is 5.92 Å². The predicted molar refractivity (Wildman–Crippen MR) is 94.0 cm³/mol. The van der Waals surface area contributed by atoms with Crippen molar-refractivity contribution in [2.45, 2.75) is 67.6 Å². The number of sulfone groups is 1. The molecule has 2 rings (SSSR count). The van der Waals surface area contributed by atoms with E-state index >= 15 is 0 Å². The molecule has 0 unspecified atom stereocenters. The standard InChI is InChI=1S/C19H28O3S/c1-3-5-7-14-18(20)17-13-10-15-19(17,4-2)23(21,22)16-11-8-6-9-12-16/h4,6,8-9,11-12,17-18,20H,2-3,5,7,10,13-15H2,1H3/t17-,18-,19+/m0/s1. The van der Waals surface area contributed by atoms with Crippen LogP contribution in [0.5, 0.6) is 0 Å². The summed E-state index contributed by atoms with van der Waals surface area (Å²) in [5.74, 6) is -0.262. The van der Waals surface area contributed by atoms with Gasteiger partial charge in [0.05, 0.1) is 15.7 Å². The van der Waals surface area contributed by atoms with Gasteiger partial charge in [0, 0.05) is 5.92 Å². The molecule has 0 saturated heterocycles. The molecule has 3 nitrogen and oxygen atoms in total. The van der Waals surface area contributed by atoms with E-state index in [0.717, 1.165) is 32.1 Å². The average molecular weight is 336 g/mol. The summed E-state index contributed by atoms with van der Waals surface area (Å²) in [5.41, 5.74) is 0. The third-order valence-corrected chi connectivity index (χ3v) is 7.74. The number of unbranched alkanes of at least 4 members (excludes halogenated alkanes) is 2. The minimum Gasteiger partial charge on any atom is -0.393 e. The Morgan fingerprint density at radius 3 is 2.65 bits per heavy atom. The minimum atomic E-state index is -3.55. The van der Waals surface area contributed by atoms with Gasteiger partial charge in [0.2, 0.25) is 0 Å². The number of aliphatic hydroxyl groups is 1. The van der Waals surface area contributed by atoms with Crippen LogP contribution in [0.15, 0.2) is 47.9 Å². The molecule has 1 aliphatic rings. The molecule has 23 heavy (non-hydrogen) atoms. The molecule has 4 heteroatoms. The summed E-state index contributed by atoms with van der Waals surface area (Å²) in [6.45, 7) is 5.97. The summed E-state index contributed by atoms with van der Waals surface area (Å²) in [6, 6.07) is 8.57.